The highest BCUT2D eigenvalue weighted by Crippen LogP contribution is 2.60. The standard InChI is InChI=1S/C16H24O5/c1-4-15-8-7-11-9(2)5-6-12-10(3)13(17)18-16(11,12)14(19-15)20-21-15/h9-12,14H,4-8H2,1-3H3/t9-,10-,11+,12+,14?,15?,16?/m1/s1. The minimum Gasteiger partial charge on any atom is -0.453 e. The molecule has 4 rings (SSSR count). The van der Waals surface area contributed by atoms with Gasteiger partial charge in [0.15, 0.2) is 5.60 Å². The summed E-state index contributed by atoms with van der Waals surface area (Å²) in [5, 5.41) is 0. The number of ether oxygens (including phenoxy) is 2. The molecule has 1 saturated carbocycles. The maximum Gasteiger partial charge on any atom is 0.309 e. The van der Waals surface area contributed by atoms with Gasteiger partial charge >= 0.3 is 5.97 Å². The monoisotopic (exact) mass is 296 g/mol. The molecule has 3 unspecified atom stereocenters. The van der Waals surface area contributed by atoms with Crippen molar-refractivity contribution in [2.45, 2.75) is 70.6 Å². The maximum absolute atomic E-state index is 12.3. The second kappa shape index (κ2) is 4.43. The summed E-state index contributed by atoms with van der Waals surface area (Å²) in [5.41, 5.74) is -0.651. The second-order valence-electron chi connectivity index (χ2n) is 7.26. The van der Waals surface area contributed by atoms with E-state index in [1.54, 1.807) is 0 Å². The fraction of sp³-hybridized carbons (Fsp3) is 0.938. The average molecular weight is 296 g/mol. The Labute approximate surface area is 125 Å². The Morgan fingerprint density at radius 1 is 1.19 bits per heavy atom. The largest absolute Gasteiger partial charge is 0.453 e. The van der Waals surface area contributed by atoms with E-state index in [0.29, 0.717) is 11.8 Å². The van der Waals surface area contributed by atoms with Crippen molar-refractivity contribution in [3.63, 3.8) is 0 Å². The summed E-state index contributed by atoms with van der Waals surface area (Å²) in [6.07, 6.45) is 4.07. The fourth-order valence-corrected chi connectivity index (χ4v) is 5.05. The minimum atomic E-state index is -0.654. The Balaban J connectivity index is 1.79. The first-order chi connectivity index (χ1) is 10.0. The molecule has 3 saturated heterocycles. The molecule has 1 aliphatic carbocycles. The molecule has 5 nitrogen and oxygen atoms in total. The predicted molar refractivity (Wildman–Crippen MR) is 72.7 cm³/mol. The number of hydrogen-bond donors (Lipinski definition) is 0. The molecule has 0 aromatic rings. The summed E-state index contributed by atoms with van der Waals surface area (Å²) in [4.78, 5) is 23.4. The smallest absolute Gasteiger partial charge is 0.309 e. The molecule has 5 heteroatoms. The van der Waals surface area contributed by atoms with Gasteiger partial charge in [-0.2, -0.15) is 9.78 Å². The van der Waals surface area contributed by atoms with Crippen LogP contribution in [-0.2, 0) is 24.0 Å². The van der Waals surface area contributed by atoms with E-state index >= 15 is 0 Å². The van der Waals surface area contributed by atoms with Crippen molar-refractivity contribution < 1.29 is 24.0 Å². The third kappa shape index (κ3) is 1.65. The molecule has 1 spiro atoms. The molecule has 3 heterocycles. The molecule has 0 radical (unpaired) electrons. The van der Waals surface area contributed by atoms with Gasteiger partial charge in [0.1, 0.15) is 0 Å². The number of carbonyl (C=O) groups is 1. The van der Waals surface area contributed by atoms with Crippen LogP contribution in [0.25, 0.3) is 0 Å². The first-order valence-electron chi connectivity index (χ1n) is 8.27. The zero-order chi connectivity index (χ0) is 14.8. The van der Waals surface area contributed by atoms with Gasteiger partial charge in [-0.15, -0.1) is 0 Å². The van der Waals surface area contributed by atoms with E-state index in [1.165, 1.54) is 0 Å². The fourth-order valence-electron chi connectivity index (χ4n) is 5.05. The maximum atomic E-state index is 12.3. The molecule has 21 heavy (non-hydrogen) atoms. The van der Waals surface area contributed by atoms with Crippen LogP contribution in [-0.4, -0.2) is 23.6 Å². The first kappa shape index (κ1) is 14.0. The lowest BCUT2D eigenvalue weighted by atomic mass is 9.60. The number of fused-ring (bicyclic) bond motifs is 2. The lowest BCUT2D eigenvalue weighted by Crippen LogP contribution is -2.57. The van der Waals surface area contributed by atoms with Crippen LogP contribution in [0.5, 0.6) is 0 Å². The van der Waals surface area contributed by atoms with Crippen LogP contribution in [0.4, 0.5) is 0 Å². The van der Waals surface area contributed by atoms with Crippen molar-refractivity contribution in [2.24, 2.45) is 23.7 Å². The summed E-state index contributed by atoms with van der Waals surface area (Å²) < 4.78 is 12.1. The van der Waals surface area contributed by atoms with E-state index < -0.39 is 17.7 Å². The van der Waals surface area contributed by atoms with Gasteiger partial charge in [-0.25, -0.2) is 0 Å². The zero-order valence-corrected chi connectivity index (χ0v) is 13.0. The Morgan fingerprint density at radius 3 is 2.76 bits per heavy atom. The molecule has 0 N–H and O–H groups in total. The predicted octanol–water partition coefficient (Wildman–Crippen LogP) is 2.79. The second-order valence-corrected chi connectivity index (χ2v) is 7.26. The van der Waals surface area contributed by atoms with Crippen LogP contribution < -0.4 is 0 Å². The zero-order valence-electron chi connectivity index (χ0n) is 13.0. The molecule has 2 bridgehead atoms. The van der Waals surface area contributed by atoms with Crippen LogP contribution in [0, 0.1) is 23.7 Å². The normalized spacial score (nSPS) is 55.6. The average Bonchev–Trinajstić information content (AvgIpc) is 2.95. The van der Waals surface area contributed by atoms with Crippen molar-refractivity contribution >= 4 is 5.97 Å². The third-order valence-corrected chi connectivity index (χ3v) is 6.38. The SMILES string of the molecule is CCC12CC[C@H]3[C@H](C)CC[C@H]4[C@@H](C)C(=O)OC34C(OO1)O2. The van der Waals surface area contributed by atoms with Crippen molar-refractivity contribution in [3.8, 4) is 0 Å². The van der Waals surface area contributed by atoms with E-state index in [2.05, 4.69) is 6.92 Å². The molecule has 0 amide bonds. The van der Waals surface area contributed by atoms with E-state index in [0.717, 1.165) is 32.1 Å². The van der Waals surface area contributed by atoms with Gasteiger partial charge in [0.2, 0.25) is 12.1 Å². The third-order valence-electron chi connectivity index (χ3n) is 6.38. The lowest BCUT2D eigenvalue weighted by molar-refractivity contribution is -0.362. The van der Waals surface area contributed by atoms with Gasteiger partial charge in [-0.05, 0) is 25.2 Å². The Morgan fingerprint density at radius 2 is 2.00 bits per heavy atom. The van der Waals surface area contributed by atoms with Crippen molar-refractivity contribution in [3.05, 3.63) is 0 Å². The molecule has 4 fully saturated rings. The molecule has 4 aliphatic rings. The van der Waals surface area contributed by atoms with Crippen molar-refractivity contribution in [1.82, 2.24) is 0 Å². The number of carbonyl (C=O) groups excluding carboxylic acids is 1. The number of hydrogen-bond acceptors (Lipinski definition) is 5. The van der Waals surface area contributed by atoms with Crippen LogP contribution >= 0.6 is 0 Å². The van der Waals surface area contributed by atoms with Gasteiger partial charge < -0.3 is 9.47 Å². The summed E-state index contributed by atoms with van der Waals surface area (Å²) in [5.74, 6) is 0.140. The van der Waals surface area contributed by atoms with E-state index in [-0.39, 0.29) is 17.8 Å². The van der Waals surface area contributed by atoms with Gasteiger partial charge in [0, 0.05) is 24.7 Å². The summed E-state index contributed by atoms with van der Waals surface area (Å²) >= 11 is 0. The van der Waals surface area contributed by atoms with Gasteiger partial charge in [-0.3, -0.25) is 4.79 Å². The van der Waals surface area contributed by atoms with Crippen LogP contribution in [0.15, 0.2) is 0 Å². The Bertz CT molecular complexity index is 466. The van der Waals surface area contributed by atoms with E-state index in [9.17, 15) is 4.79 Å². The van der Waals surface area contributed by atoms with Gasteiger partial charge in [0.05, 0.1) is 5.92 Å². The highest BCUT2D eigenvalue weighted by atomic mass is 17.3. The first-order valence-corrected chi connectivity index (χ1v) is 8.27. The Kier molecular flexibility index (Phi) is 2.95. The molecule has 0 aromatic heterocycles. The van der Waals surface area contributed by atoms with E-state index in [1.807, 2.05) is 13.8 Å². The van der Waals surface area contributed by atoms with Gasteiger partial charge in [0.25, 0.3) is 0 Å². The number of esters is 1. The highest BCUT2D eigenvalue weighted by molar-refractivity contribution is 5.76. The molecular formula is C16H24O5. The quantitative estimate of drug-likeness (QED) is 0.550. The summed E-state index contributed by atoms with van der Waals surface area (Å²) in [6.45, 7) is 6.28. The van der Waals surface area contributed by atoms with Crippen LogP contribution in [0.1, 0.15) is 52.9 Å². The molecule has 7 atom stereocenters. The van der Waals surface area contributed by atoms with Gasteiger partial charge in [-0.1, -0.05) is 20.8 Å². The summed E-state index contributed by atoms with van der Waals surface area (Å²) in [6, 6.07) is 0. The van der Waals surface area contributed by atoms with Crippen LogP contribution in [0.3, 0.4) is 0 Å². The molecular weight excluding hydrogens is 272 g/mol. The molecule has 3 aliphatic heterocycles. The lowest BCUT2D eigenvalue weighted by Gasteiger charge is -2.48. The summed E-state index contributed by atoms with van der Waals surface area (Å²) in [7, 11) is 0. The van der Waals surface area contributed by atoms with Crippen LogP contribution in [0.2, 0.25) is 0 Å². The van der Waals surface area contributed by atoms with Crippen molar-refractivity contribution in [2.75, 3.05) is 0 Å². The van der Waals surface area contributed by atoms with Crippen molar-refractivity contribution in [1.29, 1.82) is 0 Å². The topological polar surface area (TPSA) is 54.0 Å². The Hall–Kier alpha value is -0.650. The number of rotatable bonds is 1. The molecule has 118 valence electrons. The minimum absolute atomic E-state index is 0.0815. The highest BCUT2D eigenvalue weighted by Gasteiger charge is 2.70. The molecule has 0 aromatic carbocycles. The van der Waals surface area contributed by atoms with E-state index in [4.69, 9.17) is 19.2 Å².